The lowest BCUT2D eigenvalue weighted by Gasteiger charge is -2.43. The first-order chi connectivity index (χ1) is 13.2. The molecule has 0 aliphatic carbocycles. The summed E-state index contributed by atoms with van der Waals surface area (Å²) in [5.41, 5.74) is 2.45. The third-order valence-electron chi connectivity index (χ3n) is 5.60. The van der Waals surface area contributed by atoms with Crippen LogP contribution >= 0.6 is 0 Å². The smallest absolute Gasteiger partial charge is 0.227 e. The van der Waals surface area contributed by atoms with Crippen molar-refractivity contribution in [3.8, 4) is 0 Å². The summed E-state index contributed by atoms with van der Waals surface area (Å²) in [6.07, 6.45) is 3.65. The van der Waals surface area contributed by atoms with Gasteiger partial charge in [-0.05, 0) is 42.9 Å². The lowest BCUT2D eigenvalue weighted by molar-refractivity contribution is -0.119. The lowest BCUT2D eigenvalue weighted by Crippen LogP contribution is -2.52. The first-order valence-corrected chi connectivity index (χ1v) is 10.3. The Bertz CT molecular complexity index is 701. The van der Waals surface area contributed by atoms with Crippen LogP contribution in [0.5, 0.6) is 0 Å². The Morgan fingerprint density at radius 1 is 1.07 bits per heavy atom. The van der Waals surface area contributed by atoms with E-state index in [9.17, 15) is 4.79 Å². The van der Waals surface area contributed by atoms with E-state index in [-0.39, 0.29) is 5.91 Å². The number of nitrogens with zero attached hydrogens (tertiary/aromatic N) is 2. The Morgan fingerprint density at radius 3 is 2.37 bits per heavy atom. The van der Waals surface area contributed by atoms with Gasteiger partial charge in [-0.1, -0.05) is 62.4 Å². The third kappa shape index (κ3) is 5.20. The molecular formula is C24H32N2O. The largest absolute Gasteiger partial charge is 0.309 e. The Morgan fingerprint density at radius 2 is 1.74 bits per heavy atom. The molecule has 27 heavy (non-hydrogen) atoms. The number of para-hydroxylation sites is 1. The van der Waals surface area contributed by atoms with Gasteiger partial charge >= 0.3 is 0 Å². The molecule has 144 valence electrons. The van der Waals surface area contributed by atoms with Crippen LogP contribution in [0, 0.1) is 5.92 Å². The molecule has 0 spiro atoms. The summed E-state index contributed by atoms with van der Waals surface area (Å²) in [5.74, 6) is 0.730. The molecule has 0 bridgehead atoms. The minimum atomic E-state index is 0.262. The maximum atomic E-state index is 12.9. The van der Waals surface area contributed by atoms with E-state index in [0.29, 0.717) is 18.4 Å². The predicted molar refractivity (Wildman–Crippen MR) is 113 cm³/mol. The fraction of sp³-hybridized carbons (Fsp3) is 0.458. The van der Waals surface area contributed by atoms with Crippen LogP contribution in [0.25, 0.3) is 0 Å². The zero-order valence-electron chi connectivity index (χ0n) is 16.7. The Balaban J connectivity index is 1.64. The molecule has 3 heteroatoms. The molecule has 1 aliphatic rings. The maximum Gasteiger partial charge on any atom is 0.227 e. The molecule has 1 amide bonds. The first kappa shape index (κ1) is 19.6. The topological polar surface area (TPSA) is 23.6 Å². The van der Waals surface area contributed by atoms with Crippen LogP contribution in [0.15, 0.2) is 60.7 Å². The van der Waals surface area contributed by atoms with E-state index in [1.165, 1.54) is 5.56 Å². The highest BCUT2D eigenvalue weighted by Crippen LogP contribution is 2.28. The molecule has 2 atom stereocenters. The van der Waals surface area contributed by atoms with Gasteiger partial charge in [0.25, 0.3) is 0 Å². The van der Waals surface area contributed by atoms with Gasteiger partial charge in [0.05, 0.1) is 0 Å². The zero-order valence-corrected chi connectivity index (χ0v) is 16.7. The molecule has 0 radical (unpaired) electrons. The Hall–Kier alpha value is -2.13. The van der Waals surface area contributed by atoms with Crippen molar-refractivity contribution >= 4 is 11.6 Å². The minimum absolute atomic E-state index is 0.262. The molecule has 0 unspecified atom stereocenters. The number of anilines is 1. The first-order valence-electron chi connectivity index (χ1n) is 10.3. The van der Waals surface area contributed by atoms with Gasteiger partial charge in [0.1, 0.15) is 0 Å². The zero-order chi connectivity index (χ0) is 19.1. The highest BCUT2D eigenvalue weighted by molar-refractivity contribution is 5.94. The monoisotopic (exact) mass is 364 g/mol. The van der Waals surface area contributed by atoms with Crippen molar-refractivity contribution in [1.29, 1.82) is 0 Å². The van der Waals surface area contributed by atoms with Crippen LogP contribution in [0.3, 0.4) is 0 Å². The van der Waals surface area contributed by atoms with Gasteiger partial charge < -0.3 is 9.80 Å². The summed E-state index contributed by atoms with van der Waals surface area (Å²) in [6.45, 7) is 7.59. The molecule has 1 aliphatic heterocycles. The maximum absolute atomic E-state index is 12.9. The number of carbonyl (C=O) groups excluding carboxylic acids is 1. The fourth-order valence-corrected chi connectivity index (χ4v) is 4.18. The summed E-state index contributed by atoms with van der Waals surface area (Å²) in [4.78, 5) is 17.5. The second-order valence-corrected chi connectivity index (χ2v) is 7.72. The summed E-state index contributed by atoms with van der Waals surface area (Å²) < 4.78 is 0. The molecule has 0 N–H and O–H groups in total. The van der Waals surface area contributed by atoms with E-state index >= 15 is 0 Å². The van der Waals surface area contributed by atoms with Crippen molar-refractivity contribution in [3.05, 3.63) is 66.2 Å². The van der Waals surface area contributed by atoms with Crippen molar-refractivity contribution in [2.75, 3.05) is 24.5 Å². The van der Waals surface area contributed by atoms with Crippen LogP contribution < -0.4 is 4.90 Å². The number of amides is 1. The number of hydrogen-bond donors (Lipinski definition) is 0. The van der Waals surface area contributed by atoms with Gasteiger partial charge in [0.2, 0.25) is 5.91 Å². The highest BCUT2D eigenvalue weighted by atomic mass is 16.2. The van der Waals surface area contributed by atoms with Crippen LogP contribution in [0.1, 0.15) is 38.7 Å². The van der Waals surface area contributed by atoms with E-state index < -0.39 is 0 Å². The number of likely N-dealkylation sites (tertiary alicyclic amines) is 1. The molecule has 2 aromatic rings. The number of carbonyl (C=O) groups is 1. The number of benzene rings is 2. The molecule has 1 heterocycles. The van der Waals surface area contributed by atoms with E-state index in [4.69, 9.17) is 0 Å². The summed E-state index contributed by atoms with van der Waals surface area (Å²) in [6, 6.07) is 21.2. The van der Waals surface area contributed by atoms with Gasteiger partial charge in [0, 0.05) is 37.8 Å². The Labute approximate surface area is 164 Å². The third-order valence-corrected chi connectivity index (χ3v) is 5.60. The molecule has 1 saturated heterocycles. The van der Waals surface area contributed by atoms with Gasteiger partial charge in [0.15, 0.2) is 0 Å². The summed E-state index contributed by atoms with van der Waals surface area (Å²) >= 11 is 0. The molecular weight excluding hydrogens is 332 g/mol. The van der Waals surface area contributed by atoms with Gasteiger partial charge in [-0.25, -0.2) is 0 Å². The minimum Gasteiger partial charge on any atom is -0.309 e. The van der Waals surface area contributed by atoms with Crippen molar-refractivity contribution in [3.63, 3.8) is 0 Å². The fourth-order valence-electron chi connectivity index (χ4n) is 4.18. The van der Waals surface area contributed by atoms with Crippen LogP contribution in [0.4, 0.5) is 5.69 Å². The molecule has 1 fully saturated rings. The number of piperidine rings is 1. The SMILES string of the molecule is CCCC(=O)N(c1ccccc1)[C@@H]1CCN(CCc2ccccc2)C[C@@H]1C. The van der Waals surface area contributed by atoms with E-state index in [1.54, 1.807) is 0 Å². The average Bonchev–Trinajstić information content (AvgIpc) is 2.70. The quantitative estimate of drug-likeness (QED) is 0.706. The van der Waals surface area contributed by atoms with Gasteiger partial charge in [-0.15, -0.1) is 0 Å². The normalized spacial score (nSPS) is 20.4. The lowest BCUT2D eigenvalue weighted by atomic mass is 9.91. The van der Waals surface area contributed by atoms with Gasteiger partial charge in [-0.2, -0.15) is 0 Å². The molecule has 3 nitrogen and oxygen atoms in total. The van der Waals surface area contributed by atoms with Crippen molar-refractivity contribution < 1.29 is 4.79 Å². The van der Waals surface area contributed by atoms with Gasteiger partial charge in [-0.3, -0.25) is 4.79 Å². The van der Waals surface area contributed by atoms with Crippen LogP contribution in [0.2, 0.25) is 0 Å². The van der Waals surface area contributed by atoms with Crippen LogP contribution in [-0.2, 0) is 11.2 Å². The second-order valence-electron chi connectivity index (χ2n) is 7.72. The second kappa shape index (κ2) is 9.70. The summed E-state index contributed by atoms with van der Waals surface area (Å²) in [7, 11) is 0. The van der Waals surface area contributed by atoms with Crippen LogP contribution in [-0.4, -0.2) is 36.5 Å². The van der Waals surface area contributed by atoms with Crippen molar-refractivity contribution in [1.82, 2.24) is 4.90 Å². The standard InChI is InChI=1S/C24H32N2O/c1-3-10-24(27)26(22-13-8-5-9-14-22)23-16-18-25(19-20(23)2)17-15-21-11-6-4-7-12-21/h4-9,11-14,20,23H,3,10,15-19H2,1-2H3/t20-,23+/m0/s1. The van der Waals surface area contributed by atoms with E-state index in [2.05, 4.69) is 66.1 Å². The highest BCUT2D eigenvalue weighted by Gasteiger charge is 2.33. The van der Waals surface area contributed by atoms with E-state index in [0.717, 1.165) is 44.6 Å². The summed E-state index contributed by atoms with van der Waals surface area (Å²) in [5, 5.41) is 0. The number of rotatable bonds is 7. The predicted octanol–water partition coefficient (Wildman–Crippen LogP) is 4.77. The molecule has 3 rings (SSSR count). The van der Waals surface area contributed by atoms with Crippen molar-refractivity contribution in [2.24, 2.45) is 5.92 Å². The molecule has 0 aromatic heterocycles. The molecule has 0 saturated carbocycles. The van der Waals surface area contributed by atoms with Crippen molar-refractivity contribution in [2.45, 2.75) is 45.6 Å². The van der Waals surface area contributed by atoms with E-state index in [1.807, 2.05) is 18.2 Å². The Kier molecular flexibility index (Phi) is 7.05. The average molecular weight is 365 g/mol. The molecule has 2 aromatic carbocycles. The number of hydrogen-bond acceptors (Lipinski definition) is 2.